The molecule has 0 aromatic carbocycles. The summed E-state index contributed by atoms with van der Waals surface area (Å²) in [5.74, 6) is 1.08. The first kappa shape index (κ1) is 12.6. The number of ether oxygens (including phenoxy) is 1. The standard InChI is InChI=1S/C11H18N6O/c1-4-12-11-15-9-8(13-7-14-9)10(16-11)18-6-5-17(2)3/h7H,4-6H2,1-3H3,(H2,12,13,14,15,16). The fourth-order valence-electron chi connectivity index (χ4n) is 1.47. The Kier molecular flexibility index (Phi) is 3.93. The second-order valence-corrected chi connectivity index (χ2v) is 4.14. The molecular formula is C11H18N6O. The van der Waals surface area contributed by atoms with Gasteiger partial charge in [-0.25, -0.2) is 4.98 Å². The lowest BCUT2D eigenvalue weighted by Crippen LogP contribution is -2.20. The molecule has 0 amide bonds. The molecule has 0 saturated carbocycles. The van der Waals surface area contributed by atoms with Gasteiger partial charge in [-0.15, -0.1) is 0 Å². The predicted molar refractivity (Wildman–Crippen MR) is 69.9 cm³/mol. The van der Waals surface area contributed by atoms with Gasteiger partial charge in [0.25, 0.3) is 0 Å². The quantitative estimate of drug-likeness (QED) is 0.786. The molecule has 0 aliphatic rings. The van der Waals surface area contributed by atoms with Crippen molar-refractivity contribution in [3.05, 3.63) is 6.33 Å². The summed E-state index contributed by atoms with van der Waals surface area (Å²) in [6.07, 6.45) is 1.59. The number of hydrogen-bond donors (Lipinski definition) is 2. The smallest absolute Gasteiger partial charge is 0.245 e. The van der Waals surface area contributed by atoms with E-state index in [1.807, 2.05) is 21.0 Å². The highest BCUT2D eigenvalue weighted by Crippen LogP contribution is 2.20. The number of nitrogens with zero attached hydrogens (tertiary/aromatic N) is 4. The molecule has 0 spiro atoms. The molecule has 7 heteroatoms. The molecule has 0 atom stereocenters. The van der Waals surface area contributed by atoms with Crippen LogP contribution in [0.2, 0.25) is 0 Å². The molecule has 7 nitrogen and oxygen atoms in total. The molecule has 0 unspecified atom stereocenters. The predicted octanol–water partition coefficient (Wildman–Crippen LogP) is 0.725. The van der Waals surface area contributed by atoms with Crippen LogP contribution >= 0.6 is 0 Å². The number of rotatable bonds is 6. The zero-order valence-corrected chi connectivity index (χ0v) is 10.9. The summed E-state index contributed by atoms with van der Waals surface area (Å²) in [5.41, 5.74) is 1.34. The molecule has 2 aromatic rings. The highest BCUT2D eigenvalue weighted by atomic mass is 16.5. The number of anilines is 1. The Morgan fingerprint density at radius 1 is 1.39 bits per heavy atom. The summed E-state index contributed by atoms with van der Waals surface area (Å²) in [7, 11) is 4.00. The average Bonchev–Trinajstić information content (AvgIpc) is 2.77. The third-order valence-corrected chi connectivity index (χ3v) is 2.36. The van der Waals surface area contributed by atoms with Crippen LogP contribution in [0.15, 0.2) is 6.33 Å². The second-order valence-electron chi connectivity index (χ2n) is 4.14. The van der Waals surface area contributed by atoms with E-state index in [4.69, 9.17) is 4.74 Å². The van der Waals surface area contributed by atoms with Crippen LogP contribution in [0.4, 0.5) is 5.95 Å². The number of nitrogens with one attached hydrogen (secondary N) is 2. The third-order valence-electron chi connectivity index (χ3n) is 2.36. The van der Waals surface area contributed by atoms with Gasteiger partial charge in [-0.2, -0.15) is 9.97 Å². The molecule has 0 aliphatic heterocycles. The fourth-order valence-corrected chi connectivity index (χ4v) is 1.47. The molecule has 18 heavy (non-hydrogen) atoms. The highest BCUT2D eigenvalue weighted by molar-refractivity contribution is 5.76. The van der Waals surface area contributed by atoms with Crippen molar-refractivity contribution in [1.82, 2.24) is 24.8 Å². The van der Waals surface area contributed by atoms with Gasteiger partial charge >= 0.3 is 0 Å². The van der Waals surface area contributed by atoms with Crippen molar-refractivity contribution in [2.24, 2.45) is 0 Å². The number of fused-ring (bicyclic) bond motifs is 1. The number of imidazole rings is 1. The fraction of sp³-hybridized carbons (Fsp3) is 0.545. The number of aromatic amines is 1. The molecule has 0 aliphatic carbocycles. The van der Waals surface area contributed by atoms with Crippen molar-refractivity contribution in [2.45, 2.75) is 6.92 Å². The Bertz CT molecular complexity index is 509. The van der Waals surface area contributed by atoms with Crippen molar-refractivity contribution in [3.8, 4) is 5.88 Å². The minimum absolute atomic E-state index is 0.537. The highest BCUT2D eigenvalue weighted by Gasteiger charge is 2.10. The minimum atomic E-state index is 0.537. The van der Waals surface area contributed by atoms with E-state index >= 15 is 0 Å². The Morgan fingerprint density at radius 3 is 2.94 bits per heavy atom. The topological polar surface area (TPSA) is 79.0 Å². The van der Waals surface area contributed by atoms with Crippen LogP contribution in [0.1, 0.15) is 6.92 Å². The number of hydrogen-bond acceptors (Lipinski definition) is 6. The van der Waals surface area contributed by atoms with E-state index < -0.39 is 0 Å². The maximum Gasteiger partial charge on any atom is 0.245 e. The Hall–Kier alpha value is -1.89. The van der Waals surface area contributed by atoms with Crippen molar-refractivity contribution < 1.29 is 4.74 Å². The zero-order valence-electron chi connectivity index (χ0n) is 10.9. The molecular weight excluding hydrogens is 232 g/mol. The first-order chi connectivity index (χ1) is 8.70. The van der Waals surface area contributed by atoms with Crippen LogP contribution < -0.4 is 10.1 Å². The number of H-pyrrole nitrogens is 1. The van der Waals surface area contributed by atoms with Gasteiger partial charge in [0.05, 0.1) is 6.33 Å². The lowest BCUT2D eigenvalue weighted by molar-refractivity contribution is 0.256. The van der Waals surface area contributed by atoms with Gasteiger partial charge in [0.1, 0.15) is 12.1 Å². The van der Waals surface area contributed by atoms with Crippen LogP contribution in [-0.4, -0.2) is 58.6 Å². The van der Waals surface area contributed by atoms with Gasteiger partial charge in [-0.05, 0) is 21.0 Å². The third kappa shape index (κ3) is 2.86. The molecule has 98 valence electrons. The van der Waals surface area contributed by atoms with Gasteiger partial charge < -0.3 is 19.9 Å². The van der Waals surface area contributed by atoms with Crippen molar-refractivity contribution in [2.75, 3.05) is 39.1 Å². The molecule has 0 bridgehead atoms. The summed E-state index contributed by atoms with van der Waals surface area (Å²) < 4.78 is 5.67. The first-order valence-corrected chi connectivity index (χ1v) is 5.93. The van der Waals surface area contributed by atoms with Gasteiger partial charge in [0.15, 0.2) is 5.65 Å². The van der Waals surface area contributed by atoms with E-state index in [2.05, 4.69) is 30.2 Å². The van der Waals surface area contributed by atoms with Gasteiger partial charge in [0, 0.05) is 13.1 Å². The lowest BCUT2D eigenvalue weighted by Gasteiger charge is -2.11. The largest absolute Gasteiger partial charge is 0.475 e. The van der Waals surface area contributed by atoms with E-state index in [1.54, 1.807) is 6.33 Å². The van der Waals surface area contributed by atoms with Crippen molar-refractivity contribution >= 4 is 17.1 Å². The van der Waals surface area contributed by atoms with E-state index in [-0.39, 0.29) is 0 Å². The minimum Gasteiger partial charge on any atom is -0.475 e. The van der Waals surface area contributed by atoms with Crippen LogP contribution in [0.3, 0.4) is 0 Å². The van der Waals surface area contributed by atoms with Crippen LogP contribution in [0.5, 0.6) is 5.88 Å². The van der Waals surface area contributed by atoms with Gasteiger partial charge in [0.2, 0.25) is 11.8 Å². The monoisotopic (exact) mass is 250 g/mol. The maximum absolute atomic E-state index is 5.67. The molecule has 2 N–H and O–H groups in total. The van der Waals surface area contributed by atoms with E-state index in [9.17, 15) is 0 Å². The molecule has 0 saturated heterocycles. The summed E-state index contributed by atoms with van der Waals surface area (Å²) in [4.78, 5) is 17.8. The molecule has 0 radical (unpaired) electrons. The zero-order chi connectivity index (χ0) is 13.0. The maximum atomic E-state index is 5.67. The summed E-state index contributed by atoms with van der Waals surface area (Å²) >= 11 is 0. The van der Waals surface area contributed by atoms with Gasteiger partial charge in [-0.1, -0.05) is 0 Å². The van der Waals surface area contributed by atoms with Crippen LogP contribution in [0.25, 0.3) is 11.2 Å². The van der Waals surface area contributed by atoms with E-state index in [1.165, 1.54) is 0 Å². The molecule has 2 aromatic heterocycles. The summed E-state index contributed by atoms with van der Waals surface area (Å²) in [6, 6.07) is 0. The van der Waals surface area contributed by atoms with E-state index in [0.29, 0.717) is 24.1 Å². The Labute approximate surface area is 106 Å². The normalized spacial score (nSPS) is 11.1. The van der Waals surface area contributed by atoms with Crippen LogP contribution in [-0.2, 0) is 0 Å². The molecule has 2 rings (SSSR count). The molecule has 2 heterocycles. The Balaban J connectivity index is 2.20. The van der Waals surface area contributed by atoms with Gasteiger partial charge in [-0.3, -0.25) is 0 Å². The molecule has 0 fully saturated rings. The van der Waals surface area contributed by atoms with Crippen LogP contribution in [0, 0.1) is 0 Å². The average molecular weight is 250 g/mol. The number of aromatic nitrogens is 4. The Morgan fingerprint density at radius 2 is 2.22 bits per heavy atom. The SMILES string of the molecule is CCNc1nc(OCCN(C)C)c2[nH]cnc2n1. The summed E-state index contributed by atoms with van der Waals surface area (Å²) in [5, 5.41) is 3.06. The second kappa shape index (κ2) is 5.63. The number of likely N-dealkylation sites (N-methyl/N-ethyl adjacent to an activating group) is 1. The van der Waals surface area contributed by atoms with Crippen molar-refractivity contribution in [3.63, 3.8) is 0 Å². The lowest BCUT2D eigenvalue weighted by atomic mass is 10.5. The summed E-state index contributed by atoms with van der Waals surface area (Å²) in [6.45, 7) is 4.15. The van der Waals surface area contributed by atoms with E-state index in [0.717, 1.165) is 18.6 Å². The van der Waals surface area contributed by atoms with Crippen molar-refractivity contribution in [1.29, 1.82) is 0 Å². The first-order valence-electron chi connectivity index (χ1n) is 5.93.